The van der Waals surface area contributed by atoms with Gasteiger partial charge in [-0.2, -0.15) is 0 Å². The number of rotatable bonds is 3. The van der Waals surface area contributed by atoms with Crippen LogP contribution in [0.15, 0.2) is 132 Å². The minimum Gasteiger partial charge on any atom is -0.501 e. The maximum atomic E-state index is 12.8. The third kappa shape index (κ3) is 7.92. The Balaban J connectivity index is 0.000000286. The average molecular weight is 932 g/mol. The standard InChI is InChI=1S/C37H30NO.C15H15FN.Ir/c1-22-17-26(37(3,4)5)15-16-27(22)31-19-34(38-21-23(31)2)30-12-8-11-29-33-18-25-14-13-24-9-6-7-10-28(24)32(25)20-35(33)39-36(29)30;1-15(2,3)12-6-9-14(17-10-12)11-4-7-13(16)8-5-11;/h6-11,13-21H,1-5H3;4,6-10H,1-3H3;/q2*-1;/i1D3,2D3,16D;;. The van der Waals surface area contributed by atoms with Crippen LogP contribution in [-0.4, -0.2) is 9.97 Å². The summed E-state index contributed by atoms with van der Waals surface area (Å²) < 4.78 is 78.1. The van der Waals surface area contributed by atoms with Crippen molar-refractivity contribution in [2.45, 2.75) is 66.1 Å². The van der Waals surface area contributed by atoms with E-state index in [9.17, 15) is 4.39 Å². The predicted octanol–water partition coefficient (Wildman–Crippen LogP) is 14.3. The number of nitrogens with zero attached hydrogens (tertiary/aromatic N) is 2. The molecule has 1 radical (unpaired) electrons. The fraction of sp³-hybridized carbons (Fsp3) is 0.192. The molecule has 0 atom stereocenters. The van der Waals surface area contributed by atoms with Gasteiger partial charge < -0.3 is 14.4 Å². The second kappa shape index (κ2) is 15.5. The summed E-state index contributed by atoms with van der Waals surface area (Å²) in [6.07, 6.45) is 3.13. The molecule has 0 amide bonds. The van der Waals surface area contributed by atoms with Crippen LogP contribution in [0.5, 0.6) is 0 Å². The maximum Gasteiger partial charge on any atom is 0.121 e. The number of pyridine rings is 2. The van der Waals surface area contributed by atoms with Crippen molar-refractivity contribution in [3.05, 3.63) is 168 Å². The van der Waals surface area contributed by atoms with E-state index in [0.717, 1.165) is 43.6 Å². The zero-order valence-electron chi connectivity index (χ0n) is 39.6. The molecule has 0 saturated heterocycles. The molecule has 9 rings (SSSR count). The van der Waals surface area contributed by atoms with Crippen LogP contribution in [0.4, 0.5) is 4.39 Å². The van der Waals surface area contributed by atoms with Gasteiger partial charge in [0.1, 0.15) is 5.58 Å². The summed E-state index contributed by atoms with van der Waals surface area (Å²) >= 11 is 0. The van der Waals surface area contributed by atoms with E-state index in [2.05, 4.69) is 79.3 Å². The number of aromatic nitrogens is 2. The largest absolute Gasteiger partial charge is 0.501 e. The first-order chi connectivity index (χ1) is 29.6. The van der Waals surface area contributed by atoms with Crippen LogP contribution in [0.3, 0.4) is 0 Å². The smallest absolute Gasteiger partial charge is 0.121 e. The number of furan rings is 1. The molecule has 0 bridgehead atoms. The van der Waals surface area contributed by atoms with Gasteiger partial charge in [0.2, 0.25) is 0 Å². The minimum atomic E-state index is -2.61. The summed E-state index contributed by atoms with van der Waals surface area (Å²) in [5, 5.41) is 6.16. The molecule has 0 unspecified atom stereocenters. The van der Waals surface area contributed by atoms with Crippen molar-refractivity contribution in [2.75, 3.05) is 0 Å². The number of fused-ring (bicyclic) bond motifs is 6. The van der Waals surface area contributed by atoms with Gasteiger partial charge >= 0.3 is 0 Å². The van der Waals surface area contributed by atoms with Gasteiger partial charge in [-0.15, -0.1) is 48.0 Å². The fourth-order valence-corrected chi connectivity index (χ4v) is 6.95. The summed E-state index contributed by atoms with van der Waals surface area (Å²) in [6.45, 7) is 7.06. The number of halogens is 1. The van der Waals surface area contributed by atoms with E-state index < -0.39 is 19.1 Å². The van der Waals surface area contributed by atoms with Crippen molar-refractivity contribution in [3.8, 4) is 33.6 Å². The second-order valence-corrected chi connectivity index (χ2v) is 16.2. The van der Waals surface area contributed by atoms with Gasteiger partial charge in [0, 0.05) is 51.9 Å². The van der Waals surface area contributed by atoms with Crippen molar-refractivity contribution in [1.29, 1.82) is 0 Å². The van der Waals surface area contributed by atoms with E-state index in [-0.39, 0.29) is 59.6 Å². The van der Waals surface area contributed by atoms with E-state index >= 15 is 0 Å². The Morgan fingerprint density at radius 1 is 0.649 bits per heavy atom. The maximum absolute atomic E-state index is 12.8. The molecular weight excluding hydrogens is 880 g/mol. The third-order valence-electron chi connectivity index (χ3n) is 10.2. The van der Waals surface area contributed by atoms with Gasteiger partial charge in [-0.3, -0.25) is 4.39 Å². The van der Waals surface area contributed by atoms with Gasteiger partial charge in [0.15, 0.2) is 0 Å². The Morgan fingerprint density at radius 2 is 1.42 bits per heavy atom. The summed E-state index contributed by atoms with van der Waals surface area (Å²) in [6, 6.07) is 39.5. The van der Waals surface area contributed by atoms with E-state index in [1.165, 1.54) is 23.9 Å². The minimum absolute atomic E-state index is 0. The van der Waals surface area contributed by atoms with Crippen LogP contribution in [0, 0.1) is 31.7 Å². The van der Waals surface area contributed by atoms with Crippen LogP contribution in [0.25, 0.3) is 77.1 Å². The van der Waals surface area contributed by atoms with Gasteiger partial charge in [-0.1, -0.05) is 125 Å². The monoisotopic (exact) mass is 932 g/mol. The normalized spacial score (nSPS) is 14.1. The van der Waals surface area contributed by atoms with Crippen LogP contribution >= 0.6 is 0 Å². The number of benzene rings is 6. The zero-order chi connectivity index (χ0) is 45.2. The molecule has 3 aromatic heterocycles. The Kier molecular flexibility index (Phi) is 8.57. The summed E-state index contributed by atoms with van der Waals surface area (Å²) in [5.41, 5.74) is 5.23. The average Bonchev–Trinajstić information content (AvgIpc) is 3.59. The molecule has 9 aromatic rings. The zero-order valence-corrected chi connectivity index (χ0v) is 35.0. The third-order valence-corrected chi connectivity index (χ3v) is 10.2. The fourth-order valence-electron chi connectivity index (χ4n) is 6.95. The van der Waals surface area contributed by atoms with Gasteiger partial charge in [0.05, 0.1) is 6.95 Å². The Bertz CT molecular complexity index is 3180. The Hall–Kier alpha value is -5.48. The Morgan fingerprint density at radius 3 is 2.14 bits per heavy atom. The van der Waals surface area contributed by atoms with Crippen molar-refractivity contribution < 1.29 is 38.5 Å². The van der Waals surface area contributed by atoms with Crippen LogP contribution in [0.2, 0.25) is 0 Å². The summed E-state index contributed by atoms with van der Waals surface area (Å²) in [5.74, 6) is -0.278. The van der Waals surface area contributed by atoms with E-state index in [1.54, 1.807) is 30.3 Å². The molecule has 0 aliphatic carbocycles. The van der Waals surface area contributed by atoms with Gasteiger partial charge in [-0.05, 0) is 103 Å². The number of aryl methyl sites for hydroxylation is 2. The molecule has 3 heterocycles. The van der Waals surface area contributed by atoms with Crippen LogP contribution in [0.1, 0.15) is 73.4 Å². The molecule has 0 fully saturated rings. The SMILES string of the molecule is CC(C)(C)c1ccc(-c2[c-]cc(F)cc2)nc1.[2H]c1cc(C(C)(C)C)cc(C([2H])([2H])[2H])c1-c1cc(-c2[c-]ccc3c2oc2cc4c(ccc5ccccc54)cc23)ncc1C([2H])([2H])[2H].[Ir]. The molecule has 5 heteroatoms. The molecule has 0 aliphatic rings. The van der Waals surface area contributed by atoms with Crippen molar-refractivity contribution in [2.24, 2.45) is 0 Å². The number of hydrogen-bond donors (Lipinski definition) is 0. The Labute approximate surface area is 358 Å². The first kappa shape index (κ1) is 31.6. The van der Waals surface area contributed by atoms with Crippen molar-refractivity contribution in [1.82, 2.24) is 9.97 Å². The predicted molar refractivity (Wildman–Crippen MR) is 232 cm³/mol. The molecule has 287 valence electrons. The van der Waals surface area contributed by atoms with Crippen LogP contribution < -0.4 is 0 Å². The second-order valence-electron chi connectivity index (χ2n) is 16.2. The molecule has 57 heavy (non-hydrogen) atoms. The van der Waals surface area contributed by atoms with Crippen LogP contribution in [-0.2, 0) is 30.9 Å². The van der Waals surface area contributed by atoms with Gasteiger partial charge in [-0.25, -0.2) is 0 Å². The molecule has 0 saturated carbocycles. The van der Waals surface area contributed by atoms with Crippen molar-refractivity contribution >= 4 is 43.5 Å². The van der Waals surface area contributed by atoms with Gasteiger partial charge in [0.25, 0.3) is 0 Å². The van der Waals surface area contributed by atoms with Crippen molar-refractivity contribution in [3.63, 3.8) is 0 Å². The first-order valence-corrected chi connectivity index (χ1v) is 18.6. The topological polar surface area (TPSA) is 38.9 Å². The number of hydrogen-bond acceptors (Lipinski definition) is 3. The quantitative estimate of drug-likeness (QED) is 0.131. The van der Waals surface area contributed by atoms with E-state index in [1.807, 2.05) is 57.3 Å². The molecular formula is C52H45FIrN2O-2. The summed E-state index contributed by atoms with van der Waals surface area (Å²) in [7, 11) is 0. The molecule has 0 N–H and O–H groups in total. The first-order valence-electron chi connectivity index (χ1n) is 22.1. The molecule has 0 spiro atoms. The molecule has 3 nitrogen and oxygen atoms in total. The molecule has 0 aliphatic heterocycles. The molecule has 6 aromatic carbocycles. The van der Waals surface area contributed by atoms with E-state index in [0.29, 0.717) is 28.0 Å². The van der Waals surface area contributed by atoms with E-state index in [4.69, 9.17) is 14.0 Å². The summed E-state index contributed by atoms with van der Waals surface area (Å²) in [4.78, 5) is 8.93.